The number of nitrogens with two attached hydrogens (primary N) is 2. The fourth-order valence-electron chi connectivity index (χ4n) is 4.50. The van der Waals surface area contributed by atoms with E-state index in [-0.39, 0.29) is 50.6 Å². The van der Waals surface area contributed by atoms with Crippen LogP contribution in [0, 0.1) is 5.41 Å². The van der Waals surface area contributed by atoms with Gasteiger partial charge in [0.2, 0.25) is 17.7 Å². The molecule has 12 N–H and O–H groups in total. The summed E-state index contributed by atoms with van der Waals surface area (Å²) < 4.78 is 38.2. The zero-order valence-corrected chi connectivity index (χ0v) is 44.6. The Morgan fingerprint density at radius 1 is 0.704 bits per heavy atom. The van der Waals surface area contributed by atoms with Gasteiger partial charge in [-0.25, -0.2) is 4.72 Å². The Bertz CT molecular complexity index is 1420. The summed E-state index contributed by atoms with van der Waals surface area (Å²) >= 11 is 1.32. The quantitative estimate of drug-likeness (QED) is 0.0152. The van der Waals surface area contributed by atoms with Gasteiger partial charge in [-0.1, -0.05) is 100 Å². The lowest BCUT2D eigenvalue weighted by Crippen LogP contribution is -2.47. The van der Waals surface area contributed by atoms with Gasteiger partial charge in [0.25, 0.3) is 0 Å². The monoisotopic (exact) mass is 1030 g/mol. The summed E-state index contributed by atoms with van der Waals surface area (Å²) in [4.78, 5) is 44.8. The van der Waals surface area contributed by atoms with Crippen molar-refractivity contribution >= 4 is 41.8 Å². The lowest BCUT2D eigenvalue weighted by Gasteiger charge is -2.15. The molecule has 0 heterocycles. The first-order chi connectivity index (χ1) is 34.5. The average Bonchev–Trinajstić information content (AvgIpc) is 3.39. The standard InChI is InChI=1S/C20H25N5O3S.C9H17NO3.C8H19NO3.C8H18O4.C2H7N.C2H6/c21-19(22)16-8-6-14(7-9-16)10-23-18(27)11-24-20(28)17(12-26)25-29-13-15-4-2-1-3-5-15;1-2-3-4-5-10-9(12)8-13-7-6-11;2*1-2-10-5-6-12-8-7-11-4-3-9;1-3-2;1-2/h1-9,17,25-26H,10-13H2,(H3,21,22)(H,23,27)(H,24,28);6H,2-5,7-8H2,1H3,(H,10,12);2-9H2,1H3;9H,2-8H2,1H3;3H,1-2H3;1-2H3. The van der Waals surface area contributed by atoms with Gasteiger partial charge in [0.1, 0.15) is 31.4 Å². The van der Waals surface area contributed by atoms with Crippen molar-refractivity contribution in [1.29, 1.82) is 5.41 Å². The van der Waals surface area contributed by atoms with Crippen molar-refractivity contribution in [3.05, 3.63) is 71.3 Å². The number of benzene rings is 2. The van der Waals surface area contributed by atoms with Crippen molar-refractivity contribution in [3.63, 3.8) is 0 Å². The molecule has 2 rings (SSSR count). The molecule has 1 unspecified atom stereocenters. The number of carbonyl (C=O) groups excluding carboxylic acids is 4. The molecule has 71 heavy (non-hydrogen) atoms. The van der Waals surface area contributed by atoms with Crippen LogP contribution in [0.5, 0.6) is 0 Å². The summed E-state index contributed by atoms with van der Waals surface area (Å²) in [5.74, 6) is -0.320. The molecule has 0 aliphatic rings. The molecule has 21 nitrogen and oxygen atoms in total. The van der Waals surface area contributed by atoms with Crippen molar-refractivity contribution in [2.24, 2.45) is 11.5 Å². The van der Waals surface area contributed by atoms with Crippen molar-refractivity contribution in [2.75, 3.05) is 139 Å². The number of amides is 3. The zero-order valence-electron chi connectivity index (χ0n) is 43.8. The first-order valence-corrected chi connectivity index (χ1v) is 25.2. The molecule has 0 aromatic heterocycles. The normalized spacial score (nSPS) is 10.3. The molecule has 3 amide bonds. The van der Waals surface area contributed by atoms with Gasteiger partial charge in [-0.05, 0) is 45.5 Å². The highest BCUT2D eigenvalue weighted by Crippen LogP contribution is 2.09. The molecule has 22 heteroatoms. The second kappa shape index (κ2) is 62.0. The minimum atomic E-state index is -0.810. The third kappa shape index (κ3) is 56.6. The van der Waals surface area contributed by atoms with E-state index in [1.807, 2.05) is 72.1 Å². The van der Waals surface area contributed by atoms with E-state index < -0.39 is 11.9 Å². The Balaban J connectivity index is -0.000000448. The lowest BCUT2D eigenvalue weighted by molar-refractivity contribution is -0.127. The van der Waals surface area contributed by atoms with Crippen molar-refractivity contribution in [1.82, 2.24) is 26.0 Å². The number of hydrogen-bond acceptors (Lipinski definition) is 18. The Hall–Kier alpha value is -4.14. The van der Waals surface area contributed by atoms with Crippen LogP contribution < -0.4 is 37.5 Å². The summed E-state index contributed by atoms with van der Waals surface area (Å²) in [7, 11) is 3.75. The van der Waals surface area contributed by atoms with Crippen LogP contribution in [0.15, 0.2) is 54.6 Å². The van der Waals surface area contributed by atoms with Gasteiger partial charge >= 0.3 is 0 Å². The maximum absolute atomic E-state index is 12.1. The molecule has 412 valence electrons. The second-order valence-corrected chi connectivity index (χ2v) is 14.6. The Labute approximate surface area is 428 Å². The summed E-state index contributed by atoms with van der Waals surface area (Å²) in [6, 6.07) is 15.9. The summed E-state index contributed by atoms with van der Waals surface area (Å²) in [5, 5.41) is 35.8. The van der Waals surface area contributed by atoms with E-state index in [1.54, 1.807) is 24.3 Å². The largest absolute Gasteiger partial charge is 0.394 e. The van der Waals surface area contributed by atoms with E-state index in [1.165, 1.54) is 11.9 Å². The number of carbonyl (C=O) groups is 4. The molecule has 2 aromatic rings. The van der Waals surface area contributed by atoms with Crippen molar-refractivity contribution < 1.29 is 62.5 Å². The highest BCUT2D eigenvalue weighted by atomic mass is 32.2. The van der Waals surface area contributed by atoms with Gasteiger partial charge < -0.3 is 80.9 Å². The molecule has 0 saturated carbocycles. The molecular weight excluding hydrogens is 941 g/mol. The third-order valence-corrected chi connectivity index (χ3v) is 8.83. The lowest BCUT2D eigenvalue weighted by atomic mass is 10.1. The molecule has 1 atom stereocenters. The highest BCUT2D eigenvalue weighted by molar-refractivity contribution is 7.96. The topological polar surface area (TPSA) is 309 Å². The Kier molecular flexibility index (Phi) is 64.1. The maximum Gasteiger partial charge on any atom is 0.246 e. The number of nitrogen functional groups attached to an aromatic ring is 1. The predicted molar refractivity (Wildman–Crippen MR) is 282 cm³/mol. The number of hydrogen-bond donors (Lipinski definition) is 10. The SMILES string of the molecule is CC.CCCCCNC(=O)COCC=O.CCOCCOCCOCCN.CCOCCOCCOCCO.CNC.N=C(N)c1ccc(CNC(=O)CNC(=O)C(CO)NSCc2ccccc2)cc1. The number of aliphatic hydroxyl groups excluding tert-OH is 2. The fraction of sp³-hybridized carbons (Fsp3) is 0.653. The number of amidine groups is 1. The van der Waals surface area contributed by atoms with Crippen LogP contribution in [0.2, 0.25) is 0 Å². The van der Waals surface area contributed by atoms with Crippen LogP contribution in [0.25, 0.3) is 0 Å². The van der Waals surface area contributed by atoms with E-state index >= 15 is 0 Å². The molecule has 2 aromatic carbocycles. The number of unbranched alkanes of at least 4 members (excludes halogenated alkanes) is 2. The van der Waals surface area contributed by atoms with Gasteiger partial charge in [-0.15, -0.1) is 0 Å². The number of ether oxygens (including phenoxy) is 7. The fourth-order valence-corrected chi connectivity index (χ4v) is 5.32. The van der Waals surface area contributed by atoms with Crippen molar-refractivity contribution in [2.45, 2.75) is 72.2 Å². The number of aliphatic hydroxyl groups is 2. The molecule has 0 radical (unpaired) electrons. The van der Waals surface area contributed by atoms with Gasteiger partial charge in [-0.3, -0.25) is 19.8 Å². The smallest absolute Gasteiger partial charge is 0.246 e. The maximum atomic E-state index is 12.1. The molecule has 0 fully saturated rings. The van der Waals surface area contributed by atoms with Crippen LogP contribution in [0.1, 0.15) is 70.6 Å². The van der Waals surface area contributed by atoms with Gasteiger partial charge in [-0.2, -0.15) is 0 Å². The summed E-state index contributed by atoms with van der Waals surface area (Å²) in [5.41, 5.74) is 13.2. The molecule has 0 bridgehead atoms. The minimum absolute atomic E-state index is 0.0115. The van der Waals surface area contributed by atoms with Crippen LogP contribution >= 0.6 is 11.9 Å². The van der Waals surface area contributed by atoms with Crippen LogP contribution in [0.4, 0.5) is 0 Å². The van der Waals surface area contributed by atoms with E-state index in [9.17, 15) is 24.3 Å². The van der Waals surface area contributed by atoms with Gasteiger partial charge in [0, 0.05) is 44.2 Å². The van der Waals surface area contributed by atoms with Crippen LogP contribution in [-0.4, -0.2) is 186 Å². The molecular formula is C49H92N8O13S. The molecule has 0 spiro atoms. The third-order valence-electron chi connectivity index (χ3n) is 7.90. The summed E-state index contributed by atoms with van der Waals surface area (Å²) in [6.07, 6.45) is 3.88. The molecule has 0 saturated heterocycles. The number of nitrogens with one attached hydrogen (secondary N) is 6. The van der Waals surface area contributed by atoms with E-state index in [4.69, 9.17) is 55.1 Å². The number of aldehydes is 1. The molecule has 0 aliphatic carbocycles. The Morgan fingerprint density at radius 2 is 1.24 bits per heavy atom. The average molecular weight is 1030 g/mol. The first kappa shape index (κ1) is 73.4. The van der Waals surface area contributed by atoms with Crippen LogP contribution in [-0.2, 0) is 64.6 Å². The van der Waals surface area contributed by atoms with Crippen LogP contribution in [0.3, 0.4) is 0 Å². The predicted octanol–water partition coefficient (Wildman–Crippen LogP) is 1.94. The van der Waals surface area contributed by atoms with Gasteiger partial charge in [0.05, 0.1) is 85.8 Å². The highest BCUT2D eigenvalue weighted by Gasteiger charge is 2.18. The first-order valence-electron chi connectivity index (χ1n) is 24.2. The van der Waals surface area contributed by atoms with Crippen molar-refractivity contribution in [3.8, 4) is 0 Å². The molecule has 0 aliphatic heterocycles. The van der Waals surface area contributed by atoms with Gasteiger partial charge in [0.15, 0.2) is 0 Å². The van der Waals surface area contributed by atoms with E-state index in [2.05, 4.69) is 32.9 Å². The van der Waals surface area contributed by atoms with E-state index in [0.29, 0.717) is 103 Å². The Morgan fingerprint density at radius 3 is 1.72 bits per heavy atom. The minimum Gasteiger partial charge on any atom is -0.394 e. The number of rotatable bonds is 37. The summed E-state index contributed by atoms with van der Waals surface area (Å²) in [6.45, 7) is 18.4. The second-order valence-electron chi connectivity index (χ2n) is 13.8. The van der Waals surface area contributed by atoms with E-state index in [0.717, 1.165) is 43.6 Å². The zero-order chi connectivity index (χ0) is 53.9.